The van der Waals surface area contributed by atoms with Gasteiger partial charge in [0, 0.05) is 0 Å². The van der Waals surface area contributed by atoms with Crippen LogP contribution in [0.5, 0.6) is 0 Å². The summed E-state index contributed by atoms with van der Waals surface area (Å²) in [5.41, 5.74) is 2.74. The number of halogens is 2. The highest BCUT2D eigenvalue weighted by Crippen LogP contribution is 2.46. The number of nitrogens with zero attached hydrogens (tertiary/aromatic N) is 2. The van der Waals surface area contributed by atoms with Crippen LogP contribution in [0.3, 0.4) is 0 Å². The summed E-state index contributed by atoms with van der Waals surface area (Å²) in [6.07, 6.45) is 0. The fourth-order valence-corrected chi connectivity index (χ4v) is 4.65. The monoisotopic (exact) mass is 443 g/mol. The van der Waals surface area contributed by atoms with Crippen molar-refractivity contribution in [2.75, 3.05) is 5.01 Å². The van der Waals surface area contributed by atoms with Crippen LogP contribution in [0.25, 0.3) is 0 Å². The van der Waals surface area contributed by atoms with Crippen molar-refractivity contribution in [1.29, 1.82) is 5.26 Å². The van der Waals surface area contributed by atoms with Gasteiger partial charge in [-0.2, -0.15) is 5.26 Å². The van der Waals surface area contributed by atoms with E-state index < -0.39 is 5.54 Å². The van der Waals surface area contributed by atoms with Gasteiger partial charge in [0.15, 0.2) is 0 Å². The number of hydrazine groups is 1. The number of nitrogens with two attached hydrogens (primary N) is 1. The largest absolute Gasteiger partial charge is 0.288 e. The minimum absolute atomic E-state index is 0.304. The number of anilines is 1. The van der Waals surface area contributed by atoms with E-state index in [1.54, 1.807) is 17.1 Å². The Bertz CT molecular complexity index is 1100. The molecule has 4 aromatic rings. The smallest absolute Gasteiger partial charge is 0.131 e. The quantitative estimate of drug-likeness (QED) is 0.216. The fraction of sp³-hybridized carbons (Fsp3) is 0.0385. The highest BCUT2D eigenvalue weighted by molar-refractivity contribution is 6.39. The Kier molecular flexibility index (Phi) is 5.97. The molecule has 4 aromatic carbocycles. The Morgan fingerprint density at radius 2 is 1.03 bits per heavy atom. The summed E-state index contributed by atoms with van der Waals surface area (Å²) in [7, 11) is 0. The Balaban J connectivity index is 2.10. The molecule has 0 saturated carbocycles. The van der Waals surface area contributed by atoms with Gasteiger partial charge in [0.2, 0.25) is 0 Å². The molecule has 0 bridgehead atoms. The number of hydrogen-bond acceptors (Lipinski definition) is 3. The van der Waals surface area contributed by atoms with Gasteiger partial charge in [0.1, 0.15) is 5.54 Å². The Labute approximate surface area is 191 Å². The van der Waals surface area contributed by atoms with Gasteiger partial charge in [0.25, 0.3) is 0 Å². The van der Waals surface area contributed by atoms with Crippen molar-refractivity contribution < 1.29 is 0 Å². The first kappa shape index (κ1) is 21.0. The van der Waals surface area contributed by atoms with Crippen molar-refractivity contribution in [2.45, 2.75) is 5.54 Å². The van der Waals surface area contributed by atoms with Gasteiger partial charge in [-0.1, -0.05) is 114 Å². The van der Waals surface area contributed by atoms with E-state index in [0.717, 1.165) is 16.7 Å². The third-order valence-corrected chi connectivity index (χ3v) is 5.90. The van der Waals surface area contributed by atoms with Crippen molar-refractivity contribution in [1.82, 2.24) is 0 Å². The maximum Gasteiger partial charge on any atom is 0.131 e. The number of rotatable bonds is 5. The first-order chi connectivity index (χ1) is 15.1. The van der Waals surface area contributed by atoms with Gasteiger partial charge in [-0.25, -0.2) is 5.84 Å². The number of hydrogen-bond donors (Lipinski definition) is 1. The summed E-state index contributed by atoms with van der Waals surface area (Å²) in [5, 5.41) is 11.5. The van der Waals surface area contributed by atoms with Crippen molar-refractivity contribution in [3.05, 3.63) is 135 Å². The zero-order valence-electron chi connectivity index (χ0n) is 16.5. The number of benzene rings is 4. The molecule has 3 nitrogen and oxygen atoms in total. The second-order valence-corrected chi connectivity index (χ2v) is 7.89. The van der Waals surface area contributed by atoms with Gasteiger partial charge in [-0.3, -0.25) is 5.01 Å². The highest BCUT2D eigenvalue weighted by Gasteiger charge is 2.42. The Hall–Kier alpha value is -3.29. The van der Waals surface area contributed by atoms with Gasteiger partial charge in [0.05, 0.1) is 27.4 Å². The molecular weight excluding hydrogens is 425 g/mol. The van der Waals surface area contributed by atoms with Crippen molar-refractivity contribution in [3.8, 4) is 6.07 Å². The lowest BCUT2D eigenvalue weighted by molar-refractivity contribution is 0.572. The molecule has 0 unspecified atom stereocenters. The van der Waals surface area contributed by atoms with Gasteiger partial charge < -0.3 is 0 Å². The molecule has 0 radical (unpaired) electrons. The lowest BCUT2D eigenvalue weighted by atomic mass is 9.76. The standard InChI is InChI=1S/C26H19Cl2N3/c27-23-16-19(18-29)17-24(28)25(23)31(30)26(20-10-4-1-5-11-20,21-12-6-2-7-13-21)22-14-8-3-9-15-22/h1-17H,30H2. The van der Waals surface area contributed by atoms with Gasteiger partial charge >= 0.3 is 0 Å². The molecule has 2 N–H and O–H groups in total. The third-order valence-electron chi connectivity index (χ3n) is 5.32. The van der Waals surface area contributed by atoms with Gasteiger partial charge in [-0.15, -0.1) is 0 Å². The topological polar surface area (TPSA) is 53.0 Å². The molecule has 152 valence electrons. The minimum Gasteiger partial charge on any atom is -0.288 e. The van der Waals surface area contributed by atoms with Crippen molar-refractivity contribution in [2.24, 2.45) is 5.84 Å². The zero-order valence-corrected chi connectivity index (χ0v) is 18.1. The summed E-state index contributed by atoms with van der Waals surface area (Å²) in [5.74, 6) is 6.95. The third kappa shape index (κ3) is 3.66. The van der Waals surface area contributed by atoms with E-state index >= 15 is 0 Å². The second-order valence-electron chi connectivity index (χ2n) is 7.08. The molecule has 0 fully saturated rings. The molecule has 0 atom stereocenters. The van der Waals surface area contributed by atoms with Crippen LogP contribution in [0.4, 0.5) is 5.69 Å². The summed E-state index contributed by atoms with van der Waals surface area (Å²) >= 11 is 13.2. The van der Waals surface area contributed by atoms with Crippen LogP contribution in [0.15, 0.2) is 103 Å². The molecule has 0 heterocycles. The Morgan fingerprint density at radius 1 is 0.677 bits per heavy atom. The first-order valence-corrected chi connectivity index (χ1v) is 10.4. The summed E-state index contributed by atoms with van der Waals surface area (Å²) < 4.78 is 0. The van der Waals surface area contributed by atoms with Crippen molar-refractivity contribution in [3.63, 3.8) is 0 Å². The molecule has 4 rings (SSSR count). The minimum atomic E-state index is -0.925. The zero-order chi connectivity index (χ0) is 21.8. The van der Waals surface area contributed by atoms with E-state index in [4.69, 9.17) is 29.0 Å². The SMILES string of the molecule is N#Cc1cc(Cl)c(N(N)C(c2ccccc2)(c2ccccc2)c2ccccc2)c(Cl)c1. The highest BCUT2D eigenvalue weighted by atomic mass is 35.5. The average molecular weight is 444 g/mol. The molecule has 31 heavy (non-hydrogen) atoms. The molecule has 0 aliphatic rings. The summed E-state index contributed by atoms with van der Waals surface area (Å²) in [4.78, 5) is 0. The summed E-state index contributed by atoms with van der Waals surface area (Å²) in [6, 6.07) is 35.2. The molecule has 0 aliphatic heterocycles. The molecule has 5 heteroatoms. The normalized spacial score (nSPS) is 11.0. The van der Waals surface area contributed by atoms with Crippen LogP contribution in [0.2, 0.25) is 10.0 Å². The van der Waals surface area contributed by atoms with E-state index in [1.807, 2.05) is 91.0 Å². The van der Waals surface area contributed by atoms with E-state index in [0.29, 0.717) is 21.3 Å². The van der Waals surface area contributed by atoms with Crippen LogP contribution in [-0.2, 0) is 5.54 Å². The van der Waals surface area contributed by atoms with Crippen LogP contribution in [0.1, 0.15) is 22.3 Å². The van der Waals surface area contributed by atoms with Crippen LogP contribution >= 0.6 is 23.2 Å². The molecule has 0 spiro atoms. The molecule has 0 amide bonds. The van der Waals surface area contributed by atoms with Crippen molar-refractivity contribution >= 4 is 28.9 Å². The van der Waals surface area contributed by atoms with Crippen LogP contribution in [-0.4, -0.2) is 0 Å². The lowest BCUT2D eigenvalue weighted by Crippen LogP contribution is -2.53. The van der Waals surface area contributed by atoms with E-state index in [1.165, 1.54) is 0 Å². The van der Waals surface area contributed by atoms with Gasteiger partial charge in [-0.05, 0) is 28.8 Å². The molecule has 0 aliphatic carbocycles. The fourth-order valence-electron chi connectivity index (χ4n) is 3.98. The lowest BCUT2D eigenvalue weighted by Gasteiger charge is -2.44. The first-order valence-electron chi connectivity index (χ1n) is 9.69. The van der Waals surface area contributed by atoms with Crippen LogP contribution < -0.4 is 10.9 Å². The second kappa shape index (κ2) is 8.83. The molecule has 0 saturated heterocycles. The maximum atomic E-state index is 9.30. The predicted molar refractivity (Wildman–Crippen MR) is 127 cm³/mol. The van der Waals surface area contributed by atoms with E-state index in [-0.39, 0.29) is 0 Å². The average Bonchev–Trinajstić information content (AvgIpc) is 2.81. The maximum absolute atomic E-state index is 9.30. The molecule has 0 aromatic heterocycles. The molecular formula is C26H19Cl2N3. The van der Waals surface area contributed by atoms with E-state index in [2.05, 4.69) is 6.07 Å². The number of nitriles is 1. The predicted octanol–water partition coefficient (Wildman–Crippen LogP) is 6.54. The van der Waals surface area contributed by atoms with E-state index in [9.17, 15) is 5.26 Å². The Morgan fingerprint density at radius 3 is 1.35 bits per heavy atom. The van der Waals surface area contributed by atoms with Crippen LogP contribution in [0, 0.1) is 11.3 Å². The summed E-state index contributed by atoms with van der Waals surface area (Å²) in [6.45, 7) is 0.